The number of aliphatic hydroxyl groups is 2. The number of hydrogen-bond donors (Lipinski definition) is 23. The zero-order valence-electron chi connectivity index (χ0n) is 52.6. The molecule has 40 heteroatoms. The summed E-state index contributed by atoms with van der Waals surface area (Å²) in [4.78, 5) is 220. The van der Waals surface area contributed by atoms with Gasteiger partial charge in [0, 0.05) is 25.0 Å². The maximum atomic E-state index is 14.0. The summed E-state index contributed by atoms with van der Waals surface area (Å²) >= 11 is 4.09. The lowest BCUT2D eigenvalue weighted by Crippen LogP contribution is -2.63. The molecule has 0 saturated heterocycles. The first-order valence-corrected chi connectivity index (χ1v) is 30.3. The number of aliphatic carboxylic acids is 6. The highest BCUT2D eigenvalue weighted by atomic mass is 32.1. The number of carboxylic acids is 6. The number of hydrogen-bond acceptors (Lipinski definition) is 23. The number of rotatable bonds is 46. The van der Waals surface area contributed by atoms with E-state index in [-0.39, 0.29) is 44.4 Å². The highest BCUT2D eigenvalue weighted by molar-refractivity contribution is 7.80. The van der Waals surface area contributed by atoms with Gasteiger partial charge in [-0.2, -0.15) is 12.6 Å². The first-order chi connectivity index (χ1) is 44.9. The van der Waals surface area contributed by atoms with Gasteiger partial charge in [0.05, 0.1) is 38.0 Å². The van der Waals surface area contributed by atoms with Crippen molar-refractivity contribution in [2.75, 3.05) is 18.9 Å². The Morgan fingerprint density at radius 1 is 0.448 bits per heavy atom. The smallest absolute Gasteiger partial charge is 0.326 e. The Morgan fingerprint density at radius 3 is 1.27 bits per heavy atom. The van der Waals surface area contributed by atoms with Crippen LogP contribution >= 0.6 is 12.6 Å². The van der Waals surface area contributed by atoms with Crippen LogP contribution in [0.4, 0.5) is 0 Å². The summed E-state index contributed by atoms with van der Waals surface area (Å²) in [5.74, 6) is -24.9. The van der Waals surface area contributed by atoms with Crippen LogP contribution in [-0.2, 0) is 87.9 Å². The van der Waals surface area contributed by atoms with Crippen molar-refractivity contribution in [3.05, 3.63) is 29.8 Å². The van der Waals surface area contributed by atoms with E-state index in [2.05, 4.69) is 65.8 Å². The number of thiol groups is 1. The molecule has 0 fully saturated rings. The van der Waals surface area contributed by atoms with Gasteiger partial charge in [0.1, 0.15) is 72.2 Å². The third-order valence-corrected chi connectivity index (χ3v) is 14.5. The summed E-state index contributed by atoms with van der Waals surface area (Å²) in [5, 5.41) is 111. The zero-order chi connectivity index (χ0) is 73.3. The third kappa shape index (κ3) is 31.0. The number of carbonyl (C=O) groups is 17. The summed E-state index contributed by atoms with van der Waals surface area (Å²) in [6.45, 7) is 3.88. The fraction of sp³-hybridized carbons (Fsp3) is 0.589. The van der Waals surface area contributed by atoms with Gasteiger partial charge in [0.25, 0.3) is 0 Å². The molecule has 0 aliphatic heterocycles. The Morgan fingerprint density at radius 2 is 0.833 bits per heavy atom. The van der Waals surface area contributed by atoms with Crippen molar-refractivity contribution in [1.82, 2.24) is 58.5 Å². The maximum absolute atomic E-state index is 14.0. The summed E-state index contributed by atoms with van der Waals surface area (Å²) in [6, 6.07) is -16.7. The second-order valence-electron chi connectivity index (χ2n) is 21.9. The summed E-state index contributed by atoms with van der Waals surface area (Å²) < 4.78 is 0. The number of carboxylic acid groups (broad SMARTS) is 6. The Labute approximate surface area is 552 Å². The molecule has 0 heterocycles. The number of aliphatic hydroxyl groups excluding tert-OH is 2. The predicted molar refractivity (Wildman–Crippen MR) is 330 cm³/mol. The van der Waals surface area contributed by atoms with E-state index >= 15 is 0 Å². The standard InChI is InChI=1S/C56H85N13O26S/c1-5-24(2)43(54(92)67-37(23-96)53(91)69-44(26(4)71)55(93)64-33(20-41(79)80)50(88)62-32(14-16-39(75)76)49(87)65-35(56(94)95)18-27-9-11-28(72)12-10-27)68-51(89)34(21-42(81)82)63-52(90)36(22-70)66-47(85)30(8-6-7-17-57)61-48(86)31(13-15-38(73)74)60-45(83)25(3)59-46(84)29(58)19-40(77)78/h9-12,24-26,29-37,43-44,70-72,96H,5-8,13-23,57-58H2,1-4H3,(H,59,84)(H,60,83)(H,61,86)(H,62,88)(H,63,90)(H,64,93)(H,65,87)(H,66,85)(H,67,92)(H,68,89)(H,69,91)(H,73,74)(H,75,76)(H,77,78)(H,79,80)(H,81,82)(H,94,95)/t24-,25-,26+,29-,30-,31-,32-,33-,34-,35-,36-,37-,43-,44-/m0/s1. The fourth-order valence-electron chi connectivity index (χ4n) is 8.52. The van der Waals surface area contributed by atoms with Gasteiger partial charge in [-0.1, -0.05) is 32.4 Å². The molecule has 24 N–H and O–H groups in total. The van der Waals surface area contributed by atoms with E-state index in [1.807, 2.05) is 5.32 Å². The number of carbonyl (C=O) groups excluding carboxylic acids is 11. The topological polar surface area (TPSA) is 657 Å². The lowest BCUT2D eigenvalue weighted by Gasteiger charge is -2.29. The summed E-state index contributed by atoms with van der Waals surface area (Å²) in [7, 11) is 0. The predicted octanol–water partition coefficient (Wildman–Crippen LogP) is -7.67. The first-order valence-electron chi connectivity index (χ1n) is 29.7. The van der Waals surface area contributed by atoms with Crippen LogP contribution in [0.2, 0.25) is 0 Å². The van der Waals surface area contributed by atoms with Crippen molar-refractivity contribution < 1.29 is 127 Å². The molecule has 14 atom stereocenters. The number of phenolic OH excluding ortho intramolecular Hbond substituents is 1. The quantitative estimate of drug-likeness (QED) is 0.0213. The molecular formula is C56H85N13O26S. The van der Waals surface area contributed by atoms with Crippen molar-refractivity contribution in [3.8, 4) is 5.75 Å². The van der Waals surface area contributed by atoms with Gasteiger partial charge in [-0.15, -0.1) is 0 Å². The van der Waals surface area contributed by atoms with Gasteiger partial charge >= 0.3 is 35.8 Å². The molecule has 96 heavy (non-hydrogen) atoms. The molecule has 0 radical (unpaired) electrons. The Bertz CT molecular complexity index is 2940. The molecule has 0 unspecified atom stereocenters. The highest BCUT2D eigenvalue weighted by Gasteiger charge is 2.39. The second kappa shape index (κ2) is 42.5. The fourth-order valence-corrected chi connectivity index (χ4v) is 8.78. The first kappa shape index (κ1) is 84.2. The minimum Gasteiger partial charge on any atom is -0.508 e. The number of amides is 11. The van der Waals surface area contributed by atoms with Gasteiger partial charge in [0.15, 0.2) is 0 Å². The molecule has 536 valence electrons. The molecule has 0 bridgehead atoms. The van der Waals surface area contributed by atoms with Gasteiger partial charge in [0.2, 0.25) is 65.0 Å². The van der Waals surface area contributed by atoms with Crippen LogP contribution in [0, 0.1) is 5.92 Å². The van der Waals surface area contributed by atoms with Crippen molar-refractivity contribution in [2.45, 2.75) is 183 Å². The van der Waals surface area contributed by atoms with Crippen molar-refractivity contribution >= 4 is 113 Å². The molecule has 0 aliphatic rings. The minimum absolute atomic E-state index is 0.0766. The van der Waals surface area contributed by atoms with E-state index in [1.54, 1.807) is 6.92 Å². The summed E-state index contributed by atoms with van der Waals surface area (Å²) in [6.07, 6.45) is -8.17. The molecule has 0 spiro atoms. The lowest BCUT2D eigenvalue weighted by atomic mass is 9.97. The van der Waals surface area contributed by atoms with Gasteiger partial charge < -0.3 is 116 Å². The van der Waals surface area contributed by atoms with Crippen LogP contribution in [0.1, 0.15) is 104 Å². The van der Waals surface area contributed by atoms with Crippen molar-refractivity contribution in [2.24, 2.45) is 17.4 Å². The van der Waals surface area contributed by atoms with Crippen LogP contribution < -0.4 is 70.0 Å². The Hall–Kier alpha value is -9.80. The van der Waals surface area contributed by atoms with E-state index in [9.17, 15) is 122 Å². The van der Waals surface area contributed by atoms with Crippen LogP contribution in [-0.4, -0.2) is 244 Å². The number of nitrogens with one attached hydrogen (secondary N) is 11. The van der Waals surface area contributed by atoms with Gasteiger partial charge in [-0.05, 0) is 76.1 Å². The zero-order valence-corrected chi connectivity index (χ0v) is 53.5. The highest BCUT2D eigenvalue weighted by Crippen LogP contribution is 2.14. The van der Waals surface area contributed by atoms with E-state index in [0.29, 0.717) is 5.56 Å². The lowest BCUT2D eigenvalue weighted by molar-refractivity contribution is -0.144. The number of benzene rings is 1. The molecule has 1 aromatic rings. The van der Waals surface area contributed by atoms with Crippen LogP contribution in [0.5, 0.6) is 5.75 Å². The average Bonchev–Trinajstić information content (AvgIpc) is 0.925. The van der Waals surface area contributed by atoms with Crippen molar-refractivity contribution in [1.29, 1.82) is 0 Å². The van der Waals surface area contributed by atoms with Crippen LogP contribution in [0.15, 0.2) is 24.3 Å². The minimum atomic E-state index is -2.16. The van der Waals surface area contributed by atoms with Crippen LogP contribution in [0.3, 0.4) is 0 Å². The Balaban J connectivity index is 3.42. The van der Waals surface area contributed by atoms with Crippen molar-refractivity contribution in [3.63, 3.8) is 0 Å². The maximum Gasteiger partial charge on any atom is 0.326 e. The number of nitrogens with two attached hydrogens (primary N) is 2. The molecule has 0 saturated carbocycles. The average molecular weight is 1390 g/mol. The van der Waals surface area contributed by atoms with E-state index in [0.717, 1.165) is 13.8 Å². The number of unbranched alkanes of at least 4 members (excludes halogenated alkanes) is 1. The largest absolute Gasteiger partial charge is 0.508 e. The second-order valence-corrected chi connectivity index (χ2v) is 22.3. The Kier molecular flexibility index (Phi) is 37.3. The summed E-state index contributed by atoms with van der Waals surface area (Å²) in [5.41, 5.74) is 11.5. The molecule has 1 aromatic carbocycles. The molecule has 0 aliphatic carbocycles. The molecular weight excluding hydrogens is 1300 g/mol. The van der Waals surface area contributed by atoms with Crippen LogP contribution in [0.25, 0.3) is 0 Å². The van der Waals surface area contributed by atoms with E-state index in [4.69, 9.17) is 16.6 Å². The number of aromatic hydroxyl groups is 1. The van der Waals surface area contributed by atoms with E-state index in [1.165, 1.54) is 31.2 Å². The monoisotopic (exact) mass is 1390 g/mol. The van der Waals surface area contributed by atoms with E-state index < -0.39 is 243 Å². The molecule has 0 aromatic heterocycles. The molecule has 39 nitrogen and oxygen atoms in total. The number of phenols is 1. The normalized spacial score (nSPS) is 15.3. The molecule has 11 amide bonds. The molecule has 1 rings (SSSR count). The SMILES string of the molecule is CC[C@H](C)[C@H](NC(=O)[C@H](CC(=O)O)NC(=O)[C@H](CO)NC(=O)[C@H](CCCCN)NC(=O)[C@H](CCC(=O)O)NC(=O)[C@H](C)NC(=O)[C@@H](N)CC(=O)O)C(=O)N[C@@H](CS)C(=O)N[C@H](C(=O)N[C@@H](CC(=O)O)C(=O)N[C@@H](CCC(=O)O)C(=O)N[C@@H](Cc1ccc(O)cc1)C(=O)O)[C@@H](C)O. The third-order valence-electron chi connectivity index (χ3n) is 14.1. The van der Waals surface area contributed by atoms with Gasteiger partial charge in [-0.3, -0.25) is 76.7 Å². The van der Waals surface area contributed by atoms with Gasteiger partial charge in [-0.25, -0.2) is 4.79 Å².